The third-order valence-electron chi connectivity index (χ3n) is 6.26. The van der Waals surface area contributed by atoms with Crippen molar-refractivity contribution in [2.45, 2.75) is 50.6 Å². The summed E-state index contributed by atoms with van der Waals surface area (Å²) in [5, 5.41) is 0. The maximum absolute atomic E-state index is 13.1. The summed E-state index contributed by atoms with van der Waals surface area (Å²) in [7, 11) is 1.30. The van der Waals surface area contributed by atoms with Crippen molar-refractivity contribution in [1.29, 1.82) is 0 Å². The Hall–Kier alpha value is -2.54. The molecular formula is C21H24N2O5. The molecule has 148 valence electrons. The lowest BCUT2D eigenvalue weighted by atomic mass is 9.77. The van der Waals surface area contributed by atoms with Crippen LogP contribution in [0.4, 0.5) is 5.69 Å². The van der Waals surface area contributed by atoms with E-state index in [0.717, 1.165) is 25.7 Å². The average molecular weight is 384 g/mol. The SMILES string of the molecule is COC(=O)c1ccc(N2C(=O)C[C@@H](N3CCC(=O)[C@@H]4CCCC[C@H]43)C2=O)cc1. The van der Waals surface area contributed by atoms with Crippen molar-refractivity contribution in [3.63, 3.8) is 0 Å². The molecule has 2 saturated heterocycles. The minimum atomic E-state index is -0.508. The molecule has 1 aromatic rings. The number of piperidine rings is 1. The van der Waals surface area contributed by atoms with Crippen LogP contribution in [0.15, 0.2) is 24.3 Å². The van der Waals surface area contributed by atoms with Crippen molar-refractivity contribution in [3.05, 3.63) is 29.8 Å². The van der Waals surface area contributed by atoms with Gasteiger partial charge >= 0.3 is 5.97 Å². The van der Waals surface area contributed by atoms with E-state index in [1.807, 2.05) is 0 Å². The smallest absolute Gasteiger partial charge is 0.337 e. The monoisotopic (exact) mass is 384 g/mol. The van der Waals surface area contributed by atoms with E-state index in [2.05, 4.69) is 9.64 Å². The fraction of sp³-hybridized carbons (Fsp3) is 0.524. The molecule has 1 saturated carbocycles. The van der Waals surface area contributed by atoms with Crippen LogP contribution in [-0.2, 0) is 19.1 Å². The molecule has 1 aliphatic carbocycles. The van der Waals surface area contributed by atoms with Crippen LogP contribution in [0.25, 0.3) is 0 Å². The van der Waals surface area contributed by atoms with Crippen LogP contribution < -0.4 is 4.90 Å². The van der Waals surface area contributed by atoms with Gasteiger partial charge in [-0.15, -0.1) is 0 Å². The molecule has 0 unspecified atom stereocenters. The van der Waals surface area contributed by atoms with E-state index >= 15 is 0 Å². The number of hydrogen-bond donors (Lipinski definition) is 0. The lowest BCUT2D eigenvalue weighted by Gasteiger charge is -2.45. The summed E-state index contributed by atoms with van der Waals surface area (Å²) in [5.41, 5.74) is 0.819. The van der Waals surface area contributed by atoms with Crippen molar-refractivity contribution >= 4 is 29.3 Å². The van der Waals surface area contributed by atoms with Crippen LogP contribution in [0.3, 0.4) is 0 Å². The van der Waals surface area contributed by atoms with Gasteiger partial charge in [-0.25, -0.2) is 9.69 Å². The average Bonchev–Trinajstić information content (AvgIpc) is 3.02. The van der Waals surface area contributed by atoms with Gasteiger partial charge in [0.25, 0.3) is 5.91 Å². The lowest BCUT2D eigenvalue weighted by Crippen LogP contribution is -2.56. The van der Waals surface area contributed by atoms with Gasteiger partial charge in [0.15, 0.2) is 0 Å². The van der Waals surface area contributed by atoms with Gasteiger partial charge < -0.3 is 4.74 Å². The van der Waals surface area contributed by atoms with Crippen molar-refractivity contribution < 1.29 is 23.9 Å². The van der Waals surface area contributed by atoms with Gasteiger partial charge in [-0.1, -0.05) is 12.8 Å². The first-order valence-electron chi connectivity index (χ1n) is 9.85. The molecule has 2 aliphatic heterocycles. The van der Waals surface area contributed by atoms with Gasteiger partial charge in [0.05, 0.1) is 30.8 Å². The number of likely N-dealkylation sites (tertiary alicyclic amines) is 1. The van der Waals surface area contributed by atoms with Crippen LogP contribution in [0.1, 0.15) is 48.9 Å². The minimum Gasteiger partial charge on any atom is -0.465 e. The molecule has 3 aliphatic rings. The number of anilines is 1. The molecule has 2 heterocycles. The summed E-state index contributed by atoms with van der Waals surface area (Å²) in [6, 6.07) is 5.84. The number of amides is 2. The molecule has 0 aromatic heterocycles. The summed E-state index contributed by atoms with van der Waals surface area (Å²) in [6.45, 7) is 0.540. The van der Waals surface area contributed by atoms with Crippen molar-refractivity contribution in [2.75, 3.05) is 18.6 Å². The highest BCUT2D eigenvalue weighted by atomic mass is 16.5. The topological polar surface area (TPSA) is 84.0 Å². The molecule has 4 rings (SSSR count). The van der Waals surface area contributed by atoms with E-state index < -0.39 is 12.0 Å². The number of Topliss-reactive ketones (excluding diaryl/α,β-unsaturated/α-hetero) is 1. The molecule has 0 bridgehead atoms. The number of imide groups is 1. The number of nitrogens with zero attached hydrogens (tertiary/aromatic N) is 2. The fourth-order valence-electron chi connectivity index (χ4n) is 4.87. The number of ether oxygens (including phenoxy) is 1. The van der Waals surface area contributed by atoms with Crippen LogP contribution in [0.2, 0.25) is 0 Å². The molecule has 0 radical (unpaired) electrons. The molecule has 7 nitrogen and oxygen atoms in total. The van der Waals surface area contributed by atoms with Crippen LogP contribution in [0, 0.1) is 5.92 Å². The standard InChI is InChI=1S/C21H24N2O5/c1-28-21(27)13-6-8-14(9-7-13)23-19(25)12-17(20(23)26)22-11-10-18(24)15-4-2-3-5-16(15)22/h6-9,15-17H,2-5,10-12H2,1H3/t15-,16-,17-/m1/s1. The Morgan fingerprint density at radius 1 is 1.07 bits per heavy atom. The molecule has 2 amide bonds. The van der Waals surface area contributed by atoms with Crippen LogP contribution in [-0.4, -0.2) is 54.2 Å². The lowest BCUT2D eigenvalue weighted by molar-refractivity contribution is -0.136. The second-order valence-corrected chi connectivity index (χ2v) is 7.74. The molecule has 0 N–H and O–H groups in total. The van der Waals surface area contributed by atoms with E-state index in [1.165, 1.54) is 12.0 Å². The number of carbonyl (C=O) groups is 4. The number of benzene rings is 1. The van der Waals surface area contributed by atoms with Crippen molar-refractivity contribution in [3.8, 4) is 0 Å². The van der Waals surface area contributed by atoms with Crippen LogP contribution in [0.5, 0.6) is 0 Å². The summed E-state index contributed by atoms with van der Waals surface area (Å²) >= 11 is 0. The van der Waals surface area contributed by atoms with E-state index in [9.17, 15) is 19.2 Å². The maximum atomic E-state index is 13.1. The first kappa shape index (κ1) is 18.8. The molecule has 7 heteroatoms. The minimum absolute atomic E-state index is 0.00112. The Bertz CT molecular complexity index is 819. The number of hydrogen-bond acceptors (Lipinski definition) is 6. The summed E-state index contributed by atoms with van der Waals surface area (Å²) in [5.74, 6) is -0.656. The van der Waals surface area contributed by atoms with Crippen molar-refractivity contribution in [2.24, 2.45) is 5.92 Å². The number of rotatable bonds is 3. The number of esters is 1. The Morgan fingerprint density at radius 2 is 1.79 bits per heavy atom. The van der Waals surface area contributed by atoms with Gasteiger partial charge in [0, 0.05) is 24.9 Å². The highest BCUT2D eigenvalue weighted by molar-refractivity contribution is 6.22. The second kappa shape index (κ2) is 7.47. The molecule has 3 atom stereocenters. The highest BCUT2D eigenvalue weighted by Gasteiger charge is 2.48. The zero-order valence-corrected chi connectivity index (χ0v) is 15.9. The van der Waals surface area contributed by atoms with E-state index in [-0.39, 0.29) is 30.2 Å². The Labute approximate surface area is 163 Å². The first-order valence-corrected chi connectivity index (χ1v) is 9.85. The number of ketones is 1. The van der Waals surface area contributed by atoms with Gasteiger partial charge in [0.2, 0.25) is 5.91 Å². The number of fused-ring (bicyclic) bond motifs is 1. The number of carbonyl (C=O) groups excluding carboxylic acids is 4. The quantitative estimate of drug-likeness (QED) is 0.585. The van der Waals surface area contributed by atoms with Crippen LogP contribution >= 0.6 is 0 Å². The Morgan fingerprint density at radius 3 is 2.50 bits per heavy atom. The Balaban J connectivity index is 1.55. The predicted octanol–water partition coefficient (Wildman–Crippen LogP) is 1.94. The Kier molecular flexibility index (Phi) is 5.02. The molecular weight excluding hydrogens is 360 g/mol. The third-order valence-corrected chi connectivity index (χ3v) is 6.26. The molecule has 1 aromatic carbocycles. The first-order chi connectivity index (χ1) is 13.5. The highest BCUT2D eigenvalue weighted by Crippen LogP contribution is 2.37. The fourth-order valence-corrected chi connectivity index (χ4v) is 4.87. The normalized spacial score (nSPS) is 28.4. The molecule has 3 fully saturated rings. The van der Waals surface area contributed by atoms with E-state index in [0.29, 0.717) is 30.0 Å². The van der Waals surface area contributed by atoms with Gasteiger partial charge in [-0.2, -0.15) is 0 Å². The predicted molar refractivity (Wildman–Crippen MR) is 101 cm³/mol. The van der Waals surface area contributed by atoms with Gasteiger partial charge in [0.1, 0.15) is 5.78 Å². The second-order valence-electron chi connectivity index (χ2n) is 7.74. The van der Waals surface area contributed by atoms with Gasteiger partial charge in [-0.05, 0) is 37.1 Å². The maximum Gasteiger partial charge on any atom is 0.337 e. The van der Waals surface area contributed by atoms with Crippen molar-refractivity contribution in [1.82, 2.24) is 4.90 Å². The summed E-state index contributed by atoms with van der Waals surface area (Å²) < 4.78 is 4.68. The van der Waals surface area contributed by atoms with E-state index in [1.54, 1.807) is 24.3 Å². The summed E-state index contributed by atoms with van der Waals surface area (Å²) in [6.07, 6.45) is 4.48. The molecule has 0 spiro atoms. The summed E-state index contributed by atoms with van der Waals surface area (Å²) in [4.78, 5) is 53.0. The zero-order chi connectivity index (χ0) is 19.8. The van der Waals surface area contributed by atoms with Gasteiger partial charge in [-0.3, -0.25) is 19.3 Å². The number of methoxy groups -OCH3 is 1. The zero-order valence-electron chi connectivity index (χ0n) is 15.9. The van der Waals surface area contributed by atoms with E-state index in [4.69, 9.17) is 0 Å². The largest absolute Gasteiger partial charge is 0.465 e. The molecule has 28 heavy (non-hydrogen) atoms. The third kappa shape index (κ3) is 3.13.